The van der Waals surface area contributed by atoms with Crippen LogP contribution in [0.3, 0.4) is 0 Å². The number of benzene rings is 3. The highest BCUT2D eigenvalue weighted by atomic mass is 127. The van der Waals surface area contributed by atoms with Gasteiger partial charge in [0.25, 0.3) is 0 Å². The Kier molecular flexibility index (Phi) is 4.80. The van der Waals surface area contributed by atoms with Crippen LogP contribution in [0.4, 0.5) is 24.5 Å². The summed E-state index contributed by atoms with van der Waals surface area (Å²) in [6, 6.07) is 18.3. The van der Waals surface area contributed by atoms with Crippen LogP contribution < -0.4 is 3.11 Å². The van der Waals surface area contributed by atoms with Gasteiger partial charge >= 0.3 is 6.18 Å². The van der Waals surface area contributed by atoms with E-state index in [1.807, 2.05) is 39.5 Å². The van der Waals surface area contributed by atoms with E-state index in [0.717, 1.165) is 33.9 Å². The second-order valence-electron chi connectivity index (χ2n) is 6.20. The van der Waals surface area contributed by atoms with Crippen molar-refractivity contribution in [2.24, 2.45) is 0 Å². The first-order valence-electron chi connectivity index (χ1n) is 8.47. The minimum atomic E-state index is -4.36. The van der Waals surface area contributed by atoms with Crippen molar-refractivity contribution in [2.75, 3.05) is 3.11 Å². The number of nitrogens with zero attached hydrogens (tertiary/aromatic N) is 1. The fraction of sp³-hybridized carbons (Fsp3) is 0.143. The van der Waals surface area contributed by atoms with Crippen LogP contribution in [-0.4, -0.2) is 0 Å². The molecular weight excluding hydrogens is 482 g/mol. The summed E-state index contributed by atoms with van der Waals surface area (Å²) in [5.41, 5.74) is 2.59. The van der Waals surface area contributed by atoms with E-state index in [1.165, 1.54) is 23.0 Å². The average Bonchev–Trinajstić information content (AvgIpc) is 3.05. The molecule has 0 bridgehead atoms. The molecule has 0 atom stereocenters. The molecular formula is C21H15F3INS. The Hall–Kier alpha value is -1.80. The van der Waals surface area contributed by atoms with Gasteiger partial charge in [0.15, 0.2) is 0 Å². The molecule has 6 heteroatoms. The number of hydrogen-bond donors (Lipinski definition) is 0. The van der Waals surface area contributed by atoms with Gasteiger partial charge in [0.2, 0.25) is 0 Å². The zero-order valence-corrected chi connectivity index (χ0v) is 17.3. The molecule has 1 aromatic heterocycles. The van der Waals surface area contributed by atoms with Gasteiger partial charge in [-0.2, -0.15) is 13.2 Å². The SMILES string of the molecule is CCc1ccccc1N(I)c1cccc2c1sc1c(C(F)(F)F)cccc12. The van der Waals surface area contributed by atoms with Crippen LogP contribution in [0.5, 0.6) is 0 Å². The van der Waals surface area contributed by atoms with Gasteiger partial charge in [0.05, 0.1) is 44.5 Å². The van der Waals surface area contributed by atoms with Gasteiger partial charge in [-0.05, 0) is 30.2 Å². The Labute approximate surface area is 172 Å². The van der Waals surface area contributed by atoms with Crippen molar-refractivity contribution in [3.8, 4) is 0 Å². The maximum absolute atomic E-state index is 13.5. The minimum Gasteiger partial charge on any atom is -0.281 e. The van der Waals surface area contributed by atoms with Crippen molar-refractivity contribution >= 4 is 65.7 Å². The number of anilines is 2. The molecule has 0 amide bonds. The zero-order valence-electron chi connectivity index (χ0n) is 14.3. The fourth-order valence-corrected chi connectivity index (χ4v) is 5.69. The van der Waals surface area contributed by atoms with Gasteiger partial charge in [-0.1, -0.05) is 49.4 Å². The third-order valence-corrected chi connectivity index (χ3v) is 6.92. The molecule has 0 fully saturated rings. The number of aryl methyl sites for hydroxylation is 1. The number of fused-ring (bicyclic) bond motifs is 3. The molecule has 4 aromatic rings. The number of para-hydroxylation sites is 1. The van der Waals surface area contributed by atoms with Crippen LogP contribution in [0.25, 0.3) is 20.2 Å². The predicted octanol–water partition coefficient (Wildman–Crippen LogP) is 8.12. The summed E-state index contributed by atoms with van der Waals surface area (Å²) in [4.78, 5) is 0. The number of halogens is 4. The van der Waals surface area contributed by atoms with Gasteiger partial charge in [0, 0.05) is 15.5 Å². The van der Waals surface area contributed by atoms with E-state index in [-0.39, 0.29) is 0 Å². The van der Waals surface area contributed by atoms with Gasteiger partial charge in [-0.3, -0.25) is 3.11 Å². The van der Waals surface area contributed by atoms with Crippen molar-refractivity contribution in [1.29, 1.82) is 0 Å². The van der Waals surface area contributed by atoms with Gasteiger partial charge in [-0.25, -0.2) is 0 Å². The standard InChI is InChI=1S/C21H15F3INS/c1-2-13-7-3-4-11-17(13)26(25)18-12-6-9-15-14-8-5-10-16(21(22,23)24)19(14)27-20(15)18/h3-12H,2H2,1H3. The number of thiophene rings is 1. The maximum atomic E-state index is 13.5. The Morgan fingerprint density at radius 2 is 1.48 bits per heavy atom. The predicted molar refractivity (Wildman–Crippen MR) is 116 cm³/mol. The topological polar surface area (TPSA) is 3.24 Å². The summed E-state index contributed by atoms with van der Waals surface area (Å²) in [7, 11) is 0. The van der Waals surface area contributed by atoms with Crippen molar-refractivity contribution in [3.05, 3.63) is 71.8 Å². The van der Waals surface area contributed by atoms with E-state index >= 15 is 0 Å². The van der Waals surface area contributed by atoms with E-state index < -0.39 is 11.7 Å². The molecule has 27 heavy (non-hydrogen) atoms. The maximum Gasteiger partial charge on any atom is 0.417 e. The molecule has 0 spiro atoms. The molecule has 0 saturated heterocycles. The molecule has 3 aromatic carbocycles. The van der Waals surface area contributed by atoms with E-state index in [9.17, 15) is 13.2 Å². The Bertz CT molecular complexity index is 1130. The smallest absolute Gasteiger partial charge is 0.281 e. The van der Waals surface area contributed by atoms with Crippen LogP contribution in [0.1, 0.15) is 18.1 Å². The highest BCUT2D eigenvalue weighted by Crippen LogP contribution is 2.47. The summed E-state index contributed by atoms with van der Waals surface area (Å²) < 4.78 is 43.6. The molecule has 0 unspecified atom stereocenters. The first kappa shape index (κ1) is 18.6. The monoisotopic (exact) mass is 497 g/mol. The Balaban J connectivity index is 1.98. The van der Waals surface area contributed by atoms with E-state index in [2.05, 4.69) is 35.9 Å². The molecule has 0 N–H and O–H groups in total. The molecule has 0 aliphatic carbocycles. The quantitative estimate of drug-likeness (QED) is 0.204. The third kappa shape index (κ3) is 3.18. The Morgan fingerprint density at radius 1 is 0.852 bits per heavy atom. The average molecular weight is 497 g/mol. The lowest BCUT2D eigenvalue weighted by Crippen LogP contribution is -2.04. The summed E-state index contributed by atoms with van der Waals surface area (Å²) in [5.74, 6) is 0. The number of rotatable bonds is 3. The lowest BCUT2D eigenvalue weighted by Gasteiger charge is -2.20. The molecule has 0 saturated carbocycles. The second kappa shape index (κ2) is 6.98. The molecule has 0 aliphatic heterocycles. The van der Waals surface area contributed by atoms with Crippen molar-refractivity contribution in [3.63, 3.8) is 0 Å². The van der Waals surface area contributed by atoms with Gasteiger partial charge < -0.3 is 0 Å². The summed E-state index contributed by atoms with van der Waals surface area (Å²) in [5, 5.41) is 1.51. The van der Waals surface area contributed by atoms with Crippen molar-refractivity contribution < 1.29 is 13.2 Å². The molecule has 1 nitrogen and oxygen atoms in total. The summed E-state index contributed by atoms with van der Waals surface area (Å²) in [6.07, 6.45) is -3.48. The highest BCUT2D eigenvalue weighted by Gasteiger charge is 2.33. The molecule has 0 aliphatic rings. The van der Waals surface area contributed by atoms with Crippen LogP contribution in [0.15, 0.2) is 60.7 Å². The largest absolute Gasteiger partial charge is 0.417 e. The second-order valence-corrected chi connectivity index (χ2v) is 8.18. The summed E-state index contributed by atoms with van der Waals surface area (Å²) in [6.45, 7) is 2.10. The van der Waals surface area contributed by atoms with E-state index in [0.29, 0.717) is 10.1 Å². The van der Waals surface area contributed by atoms with Gasteiger partial charge in [0.1, 0.15) is 0 Å². The third-order valence-electron chi connectivity index (χ3n) is 4.60. The first-order chi connectivity index (χ1) is 12.9. The normalized spacial score (nSPS) is 12.0. The highest BCUT2D eigenvalue weighted by molar-refractivity contribution is 14.1. The van der Waals surface area contributed by atoms with Gasteiger partial charge in [-0.15, -0.1) is 11.3 Å². The molecule has 0 radical (unpaired) electrons. The van der Waals surface area contributed by atoms with Crippen molar-refractivity contribution in [2.45, 2.75) is 19.5 Å². The van der Waals surface area contributed by atoms with Crippen LogP contribution in [0.2, 0.25) is 0 Å². The van der Waals surface area contributed by atoms with Crippen LogP contribution >= 0.6 is 34.2 Å². The first-order valence-corrected chi connectivity index (χ1v) is 10.2. The summed E-state index contributed by atoms with van der Waals surface area (Å²) >= 11 is 3.45. The minimum absolute atomic E-state index is 0.293. The fourth-order valence-electron chi connectivity index (χ4n) is 3.31. The zero-order chi connectivity index (χ0) is 19.2. The molecule has 138 valence electrons. The Morgan fingerprint density at radius 3 is 2.19 bits per heavy atom. The van der Waals surface area contributed by atoms with Crippen LogP contribution in [-0.2, 0) is 12.6 Å². The number of alkyl halides is 3. The lowest BCUT2D eigenvalue weighted by molar-refractivity contribution is -0.136. The van der Waals surface area contributed by atoms with Crippen molar-refractivity contribution in [1.82, 2.24) is 0 Å². The molecule has 4 rings (SSSR count). The van der Waals surface area contributed by atoms with Crippen LogP contribution in [0, 0.1) is 0 Å². The van der Waals surface area contributed by atoms with E-state index in [1.54, 1.807) is 6.07 Å². The van der Waals surface area contributed by atoms with E-state index in [4.69, 9.17) is 0 Å². The lowest BCUT2D eigenvalue weighted by atomic mass is 10.1. The number of hydrogen-bond acceptors (Lipinski definition) is 2. The molecule has 1 heterocycles.